The van der Waals surface area contributed by atoms with Crippen molar-refractivity contribution >= 4 is 23.8 Å². The lowest BCUT2D eigenvalue weighted by atomic mass is 9.87. The van der Waals surface area contributed by atoms with Gasteiger partial charge in [-0.1, -0.05) is 12.1 Å². The van der Waals surface area contributed by atoms with Gasteiger partial charge in [0.05, 0.1) is 26.3 Å². The average Bonchev–Trinajstić information content (AvgIpc) is 3.58. The summed E-state index contributed by atoms with van der Waals surface area (Å²) in [5.74, 6) is 1.90. The molecule has 0 spiro atoms. The summed E-state index contributed by atoms with van der Waals surface area (Å²) in [4.78, 5) is 71.3. The van der Waals surface area contributed by atoms with Crippen LogP contribution in [0, 0.1) is 5.92 Å². The average molecular weight is 808 g/mol. The lowest BCUT2D eigenvalue weighted by molar-refractivity contribution is -0.136. The fourth-order valence-electron chi connectivity index (χ4n) is 10.0. The van der Waals surface area contributed by atoms with E-state index in [4.69, 9.17) is 9.47 Å². The first kappa shape index (κ1) is 40.6. The topological polar surface area (TPSA) is 146 Å². The largest absolute Gasteiger partial charge is 0.496 e. The first-order valence-corrected chi connectivity index (χ1v) is 21.2. The molecule has 5 aliphatic rings. The number of nitrogens with one attached hydrogen (secondary N) is 2. The van der Waals surface area contributed by atoms with Crippen molar-refractivity contribution in [3.8, 4) is 22.6 Å². The van der Waals surface area contributed by atoms with Gasteiger partial charge in [-0.2, -0.15) is 0 Å². The first-order valence-electron chi connectivity index (χ1n) is 21.2. The number of piperidine rings is 3. The number of imide groups is 1. The van der Waals surface area contributed by atoms with Crippen molar-refractivity contribution in [1.82, 2.24) is 34.8 Å². The number of amides is 5. The molecule has 1 unspecified atom stereocenters. The lowest BCUT2D eigenvalue weighted by Crippen LogP contribution is -2.52. The summed E-state index contributed by atoms with van der Waals surface area (Å²) < 4.78 is 13.6. The van der Waals surface area contributed by atoms with Crippen molar-refractivity contribution in [1.29, 1.82) is 0 Å². The predicted octanol–water partition coefficient (Wildman–Crippen LogP) is 4.01. The highest BCUT2D eigenvalue weighted by Crippen LogP contribution is 2.39. The quantitative estimate of drug-likeness (QED) is 0.291. The standard InChI is InChI=1S/C45H57N7O7/c1-46-45(57)51-20-14-34-35(25-48(2)43(55)36(34)27-51)31-22-39(58-3)37(40(23-31)59-4)26-50-16-10-28(11-17-50)9-15-49-18-12-29(13-19-49)30-5-6-33-32(21-30)24-52(44(33)56)38-7-8-41(53)47-42(38)54/h5-6,21-23,25,28-29,38H,7-20,24,26-27H2,1-4H3,(H,46,57)(H,47,53,54). The molecular weight excluding hydrogens is 751 g/mol. The third-order valence-electron chi connectivity index (χ3n) is 13.5. The van der Waals surface area contributed by atoms with Gasteiger partial charge in [-0.15, -0.1) is 0 Å². The predicted molar refractivity (Wildman–Crippen MR) is 222 cm³/mol. The number of hydrogen-bond acceptors (Lipinski definition) is 9. The van der Waals surface area contributed by atoms with Crippen LogP contribution < -0.4 is 25.7 Å². The maximum atomic E-state index is 13.2. The van der Waals surface area contributed by atoms with E-state index in [0.29, 0.717) is 48.9 Å². The summed E-state index contributed by atoms with van der Waals surface area (Å²) in [5.41, 5.74) is 7.35. The van der Waals surface area contributed by atoms with Crippen molar-refractivity contribution in [2.75, 3.05) is 60.5 Å². The minimum atomic E-state index is -0.588. The molecule has 0 saturated carbocycles. The number of ether oxygens (including phenoxy) is 2. The molecule has 59 heavy (non-hydrogen) atoms. The molecular formula is C45H57N7O7. The van der Waals surface area contributed by atoms with Crippen molar-refractivity contribution in [3.05, 3.63) is 80.3 Å². The zero-order chi connectivity index (χ0) is 41.4. The minimum Gasteiger partial charge on any atom is -0.496 e. The summed E-state index contributed by atoms with van der Waals surface area (Å²) in [6.45, 7) is 7.21. The number of methoxy groups -OCH3 is 2. The Hall–Kier alpha value is -5.21. The fraction of sp³-hybridized carbons (Fsp3) is 0.533. The van der Waals surface area contributed by atoms with Crippen LogP contribution in [0.25, 0.3) is 11.1 Å². The van der Waals surface area contributed by atoms with Gasteiger partial charge >= 0.3 is 6.03 Å². The molecule has 0 bridgehead atoms. The number of fused-ring (bicyclic) bond motifs is 2. The normalized spacial score (nSPS) is 20.7. The number of aromatic nitrogens is 1. The van der Waals surface area contributed by atoms with Gasteiger partial charge in [0.25, 0.3) is 11.5 Å². The second kappa shape index (κ2) is 17.2. The van der Waals surface area contributed by atoms with Crippen LogP contribution in [0.4, 0.5) is 4.79 Å². The van der Waals surface area contributed by atoms with Gasteiger partial charge in [-0.25, -0.2) is 4.79 Å². The number of carbonyl (C=O) groups is 4. The molecule has 6 heterocycles. The molecule has 8 rings (SSSR count). The molecule has 3 fully saturated rings. The number of pyridine rings is 1. The van der Waals surface area contributed by atoms with E-state index < -0.39 is 6.04 Å². The molecule has 314 valence electrons. The van der Waals surface area contributed by atoms with Crippen LogP contribution in [-0.4, -0.2) is 114 Å². The number of aryl methyl sites for hydroxylation is 1. The van der Waals surface area contributed by atoms with Crippen LogP contribution in [0.5, 0.6) is 11.5 Å². The molecule has 2 aromatic carbocycles. The maximum absolute atomic E-state index is 13.2. The van der Waals surface area contributed by atoms with E-state index in [2.05, 4.69) is 44.7 Å². The highest BCUT2D eigenvalue weighted by atomic mass is 16.5. The Morgan fingerprint density at radius 1 is 0.831 bits per heavy atom. The second-order valence-electron chi connectivity index (χ2n) is 16.9. The van der Waals surface area contributed by atoms with E-state index in [-0.39, 0.29) is 42.3 Å². The van der Waals surface area contributed by atoms with Crippen molar-refractivity contribution < 1.29 is 28.7 Å². The molecule has 2 N–H and O–H groups in total. The van der Waals surface area contributed by atoms with Crippen LogP contribution in [0.15, 0.2) is 41.3 Å². The molecule has 1 atom stereocenters. The molecule has 0 radical (unpaired) electrons. The number of urea groups is 1. The van der Waals surface area contributed by atoms with E-state index in [1.165, 1.54) is 12.0 Å². The Bertz CT molecular complexity index is 2160. The van der Waals surface area contributed by atoms with Gasteiger partial charge in [-0.05, 0) is 130 Å². The summed E-state index contributed by atoms with van der Waals surface area (Å²) in [5, 5.41) is 5.06. The molecule has 5 amide bonds. The Kier molecular flexibility index (Phi) is 11.8. The number of rotatable bonds is 10. The van der Waals surface area contributed by atoms with Crippen LogP contribution >= 0.6 is 0 Å². The summed E-state index contributed by atoms with van der Waals surface area (Å²) in [7, 11) is 6.75. The number of carbonyl (C=O) groups excluding carboxylic acids is 4. The molecule has 14 heteroatoms. The Labute approximate surface area is 345 Å². The smallest absolute Gasteiger partial charge is 0.317 e. The van der Waals surface area contributed by atoms with Crippen LogP contribution in [-0.2, 0) is 42.7 Å². The highest BCUT2D eigenvalue weighted by molar-refractivity contribution is 6.05. The van der Waals surface area contributed by atoms with E-state index in [1.54, 1.807) is 42.7 Å². The Morgan fingerprint density at radius 3 is 2.22 bits per heavy atom. The number of hydrogen-bond donors (Lipinski definition) is 2. The summed E-state index contributed by atoms with van der Waals surface area (Å²) >= 11 is 0. The second-order valence-corrected chi connectivity index (χ2v) is 16.9. The number of likely N-dealkylation sites (tertiary alicyclic amines) is 2. The number of nitrogens with zero attached hydrogens (tertiary/aromatic N) is 5. The monoisotopic (exact) mass is 807 g/mol. The van der Waals surface area contributed by atoms with Crippen molar-refractivity contribution in [2.24, 2.45) is 13.0 Å². The van der Waals surface area contributed by atoms with E-state index in [9.17, 15) is 24.0 Å². The minimum absolute atomic E-state index is 0.0871. The Balaban J connectivity index is 0.831. The summed E-state index contributed by atoms with van der Waals surface area (Å²) in [6, 6.07) is 9.55. The number of benzene rings is 2. The maximum Gasteiger partial charge on any atom is 0.317 e. The van der Waals surface area contributed by atoms with E-state index in [0.717, 1.165) is 104 Å². The molecule has 3 saturated heterocycles. The molecule has 0 aliphatic carbocycles. The van der Waals surface area contributed by atoms with Gasteiger partial charge in [-0.3, -0.25) is 29.4 Å². The molecule has 3 aromatic rings. The third-order valence-corrected chi connectivity index (χ3v) is 13.5. The highest BCUT2D eigenvalue weighted by Gasteiger charge is 2.39. The van der Waals surface area contributed by atoms with Gasteiger partial charge in [0, 0.05) is 63.0 Å². The van der Waals surface area contributed by atoms with Crippen molar-refractivity contribution in [3.63, 3.8) is 0 Å². The van der Waals surface area contributed by atoms with Gasteiger partial charge < -0.3 is 34.1 Å². The lowest BCUT2D eigenvalue weighted by Gasteiger charge is -2.36. The van der Waals surface area contributed by atoms with Crippen molar-refractivity contribution in [2.45, 2.75) is 83.0 Å². The van der Waals surface area contributed by atoms with Crippen LogP contribution in [0.3, 0.4) is 0 Å². The molecule has 14 nitrogen and oxygen atoms in total. The third kappa shape index (κ3) is 8.21. The van der Waals surface area contributed by atoms with Gasteiger partial charge in [0.2, 0.25) is 11.8 Å². The zero-order valence-corrected chi connectivity index (χ0v) is 34.8. The SMILES string of the molecule is CNC(=O)N1CCc2c(-c3cc(OC)c(CN4CCC(CCN5CCC(c6ccc7c(c6)CN(C6CCC(=O)NC6=O)C7=O)CC5)CC4)c(OC)c3)cn(C)c(=O)c2C1. The zero-order valence-electron chi connectivity index (χ0n) is 34.8. The van der Waals surface area contributed by atoms with Gasteiger partial charge in [0.15, 0.2) is 0 Å². The Morgan fingerprint density at radius 2 is 1.54 bits per heavy atom. The first-order chi connectivity index (χ1) is 28.5. The summed E-state index contributed by atoms with van der Waals surface area (Å²) in [6.07, 6.45) is 8.79. The van der Waals surface area contributed by atoms with Crippen LogP contribution in [0.2, 0.25) is 0 Å². The van der Waals surface area contributed by atoms with E-state index >= 15 is 0 Å². The molecule has 1 aromatic heterocycles. The fourth-order valence-corrected chi connectivity index (χ4v) is 10.0. The molecule has 5 aliphatic heterocycles. The van der Waals surface area contributed by atoms with E-state index in [1.807, 2.05) is 12.3 Å². The van der Waals surface area contributed by atoms with Crippen LogP contribution in [0.1, 0.15) is 89.0 Å². The van der Waals surface area contributed by atoms with Gasteiger partial charge in [0.1, 0.15) is 17.5 Å².